The van der Waals surface area contributed by atoms with Crippen molar-refractivity contribution in [3.05, 3.63) is 53.0 Å². The summed E-state index contributed by atoms with van der Waals surface area (Å²) >= 11 is 0. The van der Waals surface area contributed by atoms with E-state index in [1.165, 1.54) is 5.56 Å². The average Bonchev–Trinajstić information content (AvgIpc) is 2.75. The van der Waals surface area contributed by atoms with Crippen LogP contribution in [0, 0.1) is 13.8 Å². The van der Waals surface area contributed by atoms with Crippen molar-refractivity contribution in [1.29, 1.82) is 0 Å². The zero-order valence-corrected chi connectivity index (χ0v) is 17.9. The molecule has 1 aliphatic heterocycles. The Balaban J connectivity index is 1.66. The van der Waals surface area contributed by atoms with Crippen LogP contribution in [-0.2, 0) is 16.0 Å². The first-order valence-corrected chi connectivity index (χ1v) is 10.3. The molecule has 1 N–H and O–H groups in total. The van der Waals surface area contributed by atoms with Crippen molar-refractivity contribution >= 4 is 17.8 Å². The van der Waals surface area contributed by atoms with E-state index in [2.05, 4.69) is 27.3 Å². The van der Waals surface area contributed by atoms with E-state index in [1.807, 2.05) is 32.0 Å². The number of esters is 1. The van der Waals surface area contributed by atoms with E-state index < -0.39 is 5.97 Å². The van der Waals surface area contributed by atoms with Crippen molar-refractivity contribution < 1.29 is 14.3 Å². The minimum absolute atomic E-state index is 0.113. The summed E-state index contributed by atoms with van der Waals surface area (Å²) in [7, 11) is 0. The summed E-state index contributed by atoms with van der Waals surface area (Å²) in [5.41, 5.74) is 3.31. The topological polar surface area (TPSA) is 87.7 Å². The molecule has 0 aliphatic carbocycles. The van der Waals surface area contributed by atoms with Gasteiger partial charge in [0.2, 0.25) is 0 Å². The van der Waals surface area contributed by atoms with Gasteiger partial charge in [0, 0.05) is 43.9 Å². The number of urea groups is 1. The second kappa shape index (κ2) is 10.0. The molecule has 3 rings (SSSR count). The van der Waals surface area contributed by atoms with E-state index in [-0.39, 0.29) is 12.6 Å². The summed E-state index contributed by atoms with van der Waals surface area (Å²) in [4.78, 5) is 37.0. The summed E-state index contributed by atoms with van der Waals surface area (Å²) in [6.45, 7) is 8.31. The Hall–Kier alpha value is -3.16. The highest BCUT2D eigenvalue weighted by molar-refractivity contribution is 5.81. The van der Waals surface area contributed by atoms with Crippen molar-refractivity contribution in [1.82, 2.24) is 20.2 Å². The quantitative estimate of drug-likeness (QED) is 0.733. The van der Waals surface area contributed by atoms with Gasteiger partial charge in [0.1, 0.15) is 18.2 Å². The fourth-order valence-corrected chi connectivity index (χ4v) is 3.58. The first-order valence-electron chi connectivity index (χ1n) is 10.3. The molecule has 0 spiro atoms. The standard InChI is InChI=1S/C22H29N5O3/c1-4-30-20(28)15-23-22(29)27-12-10-26(11-13-27)21-19(16(2)24-17(3)25-21)14-18-8-6-5-7-9-18/h5-9H,4,10-15H2,1-3H3,(H,23,29). The van der Waals surface area contributed by atoms with Crippen molar-refractivity contribution in [2.24, 2.45) is 0 Å². The van der Waals surface area contributed by atoms with Gasteiger partial charge in [0.05, 0.1) is 6.61 Å². The number of carbonyl (C=O) groups is 2. The number of piperazine rings is 1. The third-order valence-corrected chi connectivity index (χ3v) is 5.08. The van der Waals surface area contributed by atoms with E-state index in [0.29, 0.717) is 32.8 Å². The third-order valence-electron chi connectivity index (χ3n) is 5.08. The van der Waals surface area contributed by atoms with Crippen molar-refractivity contribution in [2.75, 3.05) is 44.2 Å². The normalized spacial score (nSPS) is 13.8. The Labute approximate surface area is 177 Å². The number of nitrogens with zero attached hydrogens (tertiary/aromatic N) is 4. The molecule has 0 radical (unpaired) electrons. The number of nitrogens with one attached hydrogen (secondary N) is 1. The second-order valence-corrected chi connectivity index (χ2v) is 7.26. The number of hydrogen-bond donors (Lipinski definition) is 1. The van der Waals surface area contributed by atoms with Crippen LogP contribution in [0.5, 0.6) is 0 Å². The van der Waals surface area contributed by atoms with Crippen molar-refractivity contribution in [3.63, 3.8) is 0 Å². The lowest BCUT2D eigenvalue weighted by molar-refractivity contribution is -0.141. The average molecular weight is 412 g/mol. The lowest BCUT2D eigenvalue weighted by Gasteiger charge is -2.36. The molecule has 1 fully saturated rings. The molecule has 0 atom stereocenters. The largest absolute Gasteiger partial charge is 0.465 e. The minimum Gasteiger partial charge on any atom is -0.465 e. The van der Waals surface area contributed by atoms with Crippen LogP contribution >= 0.6 is 0 Å². The molecule has 2 heterocycles. The lowest BCUT2D eigenvalue weighted by atomic mass is 10.0. The van der Waals surface area contributed by atoms with Gasteiger partial charge in [-0.3, -0.25) is 4.79 Å². The van der Waals surface area contributed by atoms with E-state index in [1.54, 1.807) is 11.8 Å². The minimum atomic E-state index is -0.429. The Kier molecular flexibility index (Phi) is 7.21. The van der Waals surface area contributed by atoms with Gasteiger partial charge in [-0.1, -0.05) is 30.3 Å². The van der Waals surface area contributed by atoms with Crippen LogP contribution in [0.4, 0.5) is 10.6 Å². The maximum absolute atomic E-state index is 12.3. The van der Waals surface area contributed by atoms with Gasteiger partial charge < -0.3 is 19.9 Å². The van der Waals surface area contributed by atoms with E-state index in [0.717, 1.165) is 29.3 Å². The summed E-state index contributed by atoms with van der Waals surface area (Å²) in [6.07, 6.45) is 0.766. The van der Waals surface area contributed by atoms with Crippen molar-refractivity contribution in [2.45, 2.75) is 27.2 Å². The van der Waals surface area contributed by atoms with Gasteiger partial charge in [0.25, 0.3) is 0 Å². The molecule has 0 unspecified atom stereocenters. The second-order valence-electron chi connectivity index (χ2n) is 7.26. The predicted octanol–water partition coefficient (Wildman–Crippen LogP) is 2.08. The lowest BCUT2D eigenvalue weighted by Crippen LogP contribution is -2.53. The van der Waals surface area contributed by atoms with Gasteiger partial charge in [-0.05, 0) is 26.3 Å². The van der Waals surface area contributed by atoms with E-state index in [4.69, 9.17) is 9.72 Å². The van der Waals surface area contributed by atoms with Crippen LogP contribution in [-0.4, -0.2) is 66.2 Å². The number of aromatic nitrogens is 2. The first-order chi connectivity index (χ1) is 14.5. The maximum Gasteiger partial charge on any atom is 0.325 e. The highest BCUT2D eigenvalue weighted by Crippen LogP contribution is 2.25. The molecule has 1 aromatic heterocycles. The molecule has 160 valence electrons. The molecule has 1 aliphatic rings. The molecule has 0 saturated carbocycles. The van der Waals surface area contributed by atoms with Crippen LogP contribution in [0.15, 0.2) is 30.3 Å². The molecule has 30 heavy (non-hydrogen) atoms. The molecule has 1 aromatic carbocycles. The number of carbonyl (C=O) groups excluding carboxylic acids is 2. The maximum atomic E-state index is 12.3. The highest BCUT2D eigenvalue weighted by Gasteiger charge is 2.25. The summed E-state index contributed by atoms with van der Waals surface area (Å²) in [5.74, 6) is 1.26. The van der Waals surface area contributed by atoms with Gasteiger partial charge in [0.15, 0.2) is 0 Å². The van der Waals surface area contributed by atoms with Gasteiger partial charge in [-0.15, -0.1) is 0 Å². The number of benzene rings is 1. The highest BCUT2D eigenvalue weighted by atomic mass is 16.5. The fraction of sp³-hybridized carbons (Fsp3) is 0.455. The van der Waals surface area contributed by atoms with E-state index in [9.17, 15) is 9.59 Å². The first kappa shape index (κ1) is 21.5. The van der Waals surface area contributed by atoms with Crippen LogP contribution in [0.25, 0.3) is 0 Å². The molecule has 8 heteroatoms. The number of hydrogen-bond acceptors (Lipinski definition) is 6. The Morgan fingerprint density at radius 2 is 1.77 bits per heavy atom. The number of rotatable bonds is 6. The van der Waals surface area contributed by atoms with Gasteiger partial charge in [-0.25, -0.2) is 14.8 Å². The predicted molar refractivity (Wildman–Crippen MR) is 115 cm³/mol. The number of amides is 2. The van der Waals surface area contributed by atoms with E-state index >= 15 is 0 Å². The van der Waals surface area contributed by atoms with Crippen LogP contribution < -0.4 is 10.2 Å². The number of aryl methyl sites for hydroxylation is 2. The zero-order valence-electron chi connectivity index (χ0n) is 17.9. The van der Waals surface area contributed by atoms with Gasteiger partial charge in [-0.2, -0.15) is 0 Å². The molecule has 8 nitrogen and oxygen atoms in total. The molecule has 1 saturated heterocycles. The fourth-order valence-electron chi connectivity index (χ4n) is 3.58. The molecule has 0 bridgehead atoms. The molecule has 2 amide bonds. The van der Waals surface area contributed by atoms with Crippen LogP contribution in [0.2, 0.25) is 0 Å². The van der Waals surface area contributed by atoms with Crippen molar-refractivity contribution in [3.8, 4) is 0 Å². The smallest absolute Gasteiger partial charge is 0.325 e. The molecular weight excluding hydrogens is 382 g/mol. The Morgan fingerprint density at radius 1 is 1.07 bits per heavy atom. The monoisotopic (exact) mass is 411 g/mol. The SMILES string of the molecule is CCOC(=O)CNC(=O)N1CCN(c2nc(C)nc(C)c2Cc2ccccc2)CC1. The number of anilines is 1. The third kappa shape index (κ3) is 5.46. The van der Waals surface area contributed by atoms with Gasteiger partial charge >= 0.3 is 12.0 Å². The number of ether oxygens (including phenoxy) is 1. The molecule has 2 aromatic rings. The summed E-state index contributed by atoms with van der Waals surface area (Å²) in [6, 6.07) is 10.0. The Bertz CT molecular complexity index is 880. The molecular formula is C22H29N5O3. The summed E-state index contributed by atoms with van der Waals surface area (Å²) < 4.78 is 4.84. The van der Waals surface area contributed by atoms with Crippen LogP contribution in [0.3, 0.4) is 0 Å². The summed E-state index contributed by atoms with van der Waals surface area (Å²) in [5, 5.41) is 2.62. The van der Waals surface area contributed by atoms with Crippen LogP contribution in [0.1, 0.15) is 29.6 Å². The zero-order chi connectivity index (χ0) is 21.5. The Morgan fingerprint density at radius 3 is 2.43 bits per heavy atom.